The Morgan fingerprint density at radius 2 is 2.00 bits per heavy atom. The highest BCUT2D eigenvalue weighted by Crippen LogP contribution is 2.11. The van der Waals surface area contributed by atoms with Gasteiger partial charge in [0.25, 0.3) is 0 Å². The fraction of sp³-hybridized carbons (Fsp3) is 1.00. The Kier molecular flexibility index (Phi) is 2.14. The Hall–Kier alpha value is -0.640. The van der Waals surface area contributed by atoms with Crippen molar-refractivity contribution in [1.82, 2.24) is 0 Å². The molecule has 0 aliphatic rings. The molecule has 0 aromatic heterocycles. The molecule has 1 N–H and O–H groups in total. The van der Waals surface area contributed by atoms with Crippen LogP contribution < -0.4 is 0 Å². The van der Waals surface area contributed by atoms with Crippen LogP contribution in [0.3, 0.4) is 0 Å². The van der Waals surface area contributed by atoms with Gasteiger partial charge in [-0.25, -0.2) is 0 Å². The second-order valence-corrected chi connectivity index (χ2v) is 2.59. The minimum Gasteiger partial charge on any atom is -0.386 e. The zero-order valence-corrected chi connectivity index (χ0v) is 5.79. The quantitative estimate of drug-likeness (QED) is 0.438. The zero-order chi connectivity index (χ0) is 7.65. The molecule has 0 aliphatic heterocycles. The molecule has 4 nitrogen and oxygen atoms in total. The second kappa shape index (κ2) is 2.31. The molecular weight excluding hydrogens is 122 g/mol. The molecule has 9 heavy (non-hydrogen) atoms. The Morgan fingerprint density at radius 3 is 2.00 bits per heavy atom. The topological polar surface area (TPSA) is 63.4 Å². The molecule has 0 saturated carbocycles. The Balaban J connectivity index is 4.19. The predicted octanol–water partition coefficient (Wildman–Crippen LogP) is 0.422. The summed E-state index contributed by atoms with van der Waals surface area (Å²) in [6, 6.07) is 0. The zero-order valence-electron chi connectivity index (χ0n) is 5.79. The summed E-state index contributed by atoms with van der Waals surface area (Å²) in [5, 5.41) is 18.9. The minimum absolute atomic E-state index is 0.488. The molecule has 0 bridgehead atoms. The van der Waals surface area contributed by atoms with Crippen LogP contribution in [0.4, 0.5) is 0 Å². The van der Waals surface area contributed by atoms with E-state index in [4.69, 9.17) is 5.11 Å². The van der Waals surface area contributed by atoms with Crippen molar-refractivity contribution in [3.63, 3.8) is 0 Å². The first-order chi connectivity index (χ1) is 3.89. The average molecular weight is 133 g/mol. The van der Waals surface area contributed by atoms with Gasteiger partial charge in [0, 0.05) is 18.8 Å². The monoisotopic (exact) mass is 133 g/mol. The highest BCUT2D eigenvalue weighted by Gasteiger charge is 2.36. The van der Waals surface area contributed by atoms with Crippen molar-refractivity contribution in [3.8, 4) is 0 Å². The van der Waals surface area contributed by atoms with Crippen LogP contribution in [0.5, 0.6) is 0 Å². The molecule has 0 aromatic carbocycles. The van der Waals surface area contributed by atoms with Crippen molar-refractivity contribution in [2.45, 2.75) is 32.4 Å². The number of aliphatic hydroxyl groups is 1. The summed E-state index contributed by atoms with van der Waals surface area (Å²) in [4.78, 5) is 9.62. The summed E-state index contributed by atoms with van der Waals surface area (Å²) in [5.74, 6) is 0. The van der Waals surface area contributed by atoms with Gasteiger partial charge >= 0.3 is 0 Å². The molecule has 0 aromatic rings. The SMILES string of the molecule is C[C@H](O)C(C)(C)[N+](=O)[O-]. The van der Waals surface area contributed by atoms with Gasteiger partial charge in [-0.1, -0.05) is 0 Å². The van der Waals surface area contributed by atoms with Gasteiger partial charge in [0.15, 0.2) is 0 Å². The molecule has 0 saturated heterocycles. The molecule has 1 atom stereocenters. The molecule has 0 aliphatic carbocycles. The van der Waals surface area contributed by atoms with E-state index in [1.54, 1.807) is 0 Å². The van der Waals surface area contributed by atoms with E-state index in [9.17, 15) is 10.1 Å². The lowest BCUT2D eigenvalue weighted by Crippen LogP contribution is -2.41. The van der Waals surface area contributed by atoms with Gasteiger partial charge in [-0.15, -0.1) is 0 Å². The van der Waals surface area contributed by atoms with Crippen molar-refractivity contribution in [2.75, 3.05) is 0 Å². The van der Waals surface area contributed by atoms with Gasteiger partial charge in [0.1, 0.15) is 6.10 Å². The summed E-state index contributed by atoms with van der Waals surface area (Å²) in [5.41, 5.74) is -1.22. The van der Waals surface area contributed by atoms with Crippen LogP contribution in [0.25, 0.3) is 0 Å². The molecule has 0 amide bonds. The highest BCUT2D eigenvalue weighted by molar-refractivity contribution is 4.72. The first-order valence-electron chi connectivity index (χ1n) is 2.71. The van der Waals surface area contributed by atoms with E-state index in [2.05, 4.69) is 0 Å². The van der Waals surface area contributed by atoms with E-state index >= 15 is 0 Å². The van der Waals surface area contributed by atoms with E-state index in [0.717, 1.165) is 0 Å². The van der Waals surface area contributed by atoms with E-state index in [0.29, 0.717) is 0 Å². The van der Waals surface area contributed by atoms with E-state index in [1.165, 1.54) is 20.8 Å². The number of rotatable bonds is 2. The normalized spacial score (nSPS) is 15.1. The fourth-order valence-corrected chi connectivity index (χ4v) is 0.153. The first kappa shape index (κ1) is 8.36. The molecule has 0 spiro atoms. The third-order valence-electron chi connectivity index (χ3n) is 1.49. The summed E-state index contributed by atoms with van der Waals surface area (Å²) < 4.78 is 0. The van der Waals surface area contributed by atoms with Gasteiger partial charge in [-0.2, -0.15) is 0 Å². The molecule has 0 heterocycles. The lowest BCUT2D eigenvalue weighted by Gasteiger charge is -2.17. The smallest absolute Gasteiger partial charge is 0.241 e. The number of hydrogen-bond donors (Lipinski definition) is 1. The third-order valence-corrected chi connectivity index (χ3v) is 1.49. The van der Waals surface area contributed by atoms with Gasteiger partial charge in [-0.05, 0) is 6.92 Å². The van der Waals surface area contributed by atoms with Crippen molar-refractivity contribution < 1.29 is 10.0 Å². The van der Waals surface area contributed by atoms with Crippen molar-refractivity contribution >= 4 is 0 Å². The molecule has 4 heteroatoms. The van der Waals surface area contributed by atoms with E-state index in [1.807, 2.05) is 0 Å². The number of hydrogen-bond acceptors (Lipinski definition) is 3. The van der Waals surface area contributed by atoms with Crippen LogP contribution in [0.2, 0.25) is 0 Å². The Morgan fingerprint density at radius 1 is 1.67 bits per heavy atom. The summed E-state index contributed by atoms with van der Waals surface area (Å²) in [6.07, 6.45) is -0.910. The van der Waals surface area contributed by atoms with Crippen LogP contribution in [-0.4, -0.2) is 21.7 Å². The molecular formula is C5H11NO3. The lowest BCUT2D eigenvalue weighted by molar-refractivity contribution is -0.572. The van der Waals surface area contributed by atoms with Crippen LogP contribution in [0.1, 0.15) is 20.8 Å². The van der Waals surface area contributed by atoms with Crippen molar-refractivity contribution in [3.05, 3.63) is 10.1 Å². The van der Waals surface area contributed by atoms with Crippen LogP contribution in [0, 0.1) is 10.1 Å². The Labute approximate surface area is 53.6 Å². The highest BCUT2D eigenvalue weighted by atomic mass is 16.6. The van der Waals surface area contributed by atoms with E-state index in [-0.39, 0.29) is 0 Å². The first-order valence-corrected chi connectivity index (χ1v) is 2.71. The molecule has 54 valence electrons. The largest absolute Gasteiger partial charge is 0.386 e. The summed E-state index contributed by atoms with van der Waals surface area (Å²) in [6.45, 7) is 4.18. The molecule has 0 radical (unpaired) electrons. The summed E-state index contributed by atoms with van der Waals surface area (Å²) in [7, 11) is 0. The van der Waals surface area contributed by atoms with Gasteiger partial charge in [0.05, 0.1) is 0 Å². The molecule has 0 fully saturated rings. The minimum atomic E-state index is -1.22. The standard InChI is InChI=1S/C5H11NO3/c1-4(7)5(2,3)6(8)9/h4,7H,1-3H3/t4-/m0/s1. The lowest BCUT2D eigenvalue weighted by atomic mass is 10.0. The van der Waals surface area contributed by atoms with Gasteiger partial charge in [0.2, 0.25) is 5.54 Å². The number of nitrogens with zero attached hydrogens (tertiary/aromatic N) is 1. The second-order valence-electron chi connectivity index (χ2n) is 2.59. The van der Waals surface area contributed by atoms with Gasteiger partial charge < -0.3 is 5.11 Å². The Bertz CT molecular complexity index is 119. The van der Waals surface area contributed by atoms with Crippen LogP contribution in [0.15, 0.2) is 0 Å². The maximum absolute atomic E-state index is 10.1. The maximum atomic E-state index is 10.1. The number of nitro groups is 1. The predicted molar refractivity (Wildman–Crippen MR) is 32.8 cm³/mol. The van der Waals surface area contributed by atoms with Crippen molar-refractivity contribution in [2.24, 2.45) is 0 Å². The van der Waals surface area contributed by atoms with Crippen LogP contribution in [-0.2, 0) is 0 Å². The third kappa shape index (κ3) is 1.64. The van der Waals surface area contributed by atoms with Crippen molar-refractivity contribution in [1.29, 1.82) is 0 Å². The van der Waals surface area contributed by atoms with E-state index < -0.39 is 16.6 Å². The maximum Gasteiger partial charge on any atom is 0.241 e. The van der Waals surface area contributed by atoms with Crippen LogP contribution >= 0.6 is 0 Å². The average Bonchev–Trinajstić information content (AvgIpc) is 1.65. The fourth-order valence-electron chi connectivity index (χ4n) is 0.153. The molecule has 0 unspecified atom stereocenters. The number of aliphatic hydroxyl groups excluding tert-OH is 1. The summed E-state index contributed by atoms with van der Waals surface area (Å²) >= 11 is 0. The van der Waals surface area contributed by atoms with Gasteiger partial charge in [-0.3, -0.25) is 10.1 Å². The molecule has 0 rings (SSSR count).